The fraction of sp³-hybridized carbons (Fsp3) is 0.500. The van der Waals surface area contributed by atoms with Crippen molar-refractivity contribution in [3.63, 3.8) is 0 Å². The molecule has 2 unspecified atom stereocenters. The van der Waals surface area contributed by atoms with Crippen molar-refractivity contribution in [1.82, 2.24) is 4.98 Å². The van der Waals surface area contributed by atoms with Crippen molar-refractivity contribution in [2.75, 3.05) is 0 Å². The first kappa shape index (κ1) is 10.5. The van der Waals surface area contributed by atoms with Crippen LogP contribution in [0.1, 0.15) is 31.7 Å². The number of halogens is 2. The normalized spacial score (nSPS) is 15.4. The molecule has 1 aromatic heterocycles. The highest BCUT2D eigenvalue weighted by molar-refractivity contribution is 6.20. The van der Waals surface area contributed by atoms with Gasteiger partial charge in [-0.25, -0.2) is 4.39 Å². The van der Waals surface area contributed by atoms with E-state index in [-0.39, 0.29) is 17.1 Å². The summed E-state index contributed by atoms with van der Waals surface area (Å²) in [5.74, 6) is -0.0257. The second kappa shape index (κ2) is 4.56. The standard InChI is InChI=1S/C10H13ClFN/c1-7(3-8(2)11)9-4-10(12)6-13-5-9/h4-8H,3H2,1-2H3. The predicted molar refractivity (Wildman–Crippen MR) is 52.5 cm³/mol. The molecule has 0 aliphatic carbocycles. The van der Waals surface area contributed by atoms with Crippen LogP contribution in [-0.4, -0.2) is 10.4 Å². The van der Waals surface area contributed by atoms with E-state index in [1.54, 1.807) is 6.20 Å². The second-order valence-electron chi connectivity index (χ2n) is 3.35. The van der Waals surface area contributed by atoms with E-state index in [2.05, 4.69) is 4.98 Å². The second-order valence-corrected chi connectivity index (χ2v) is 4.10. The van der Waals surface area contributed by atoms with Crippen molar-refractivity contribution < 1.29 is 4.39 Å². The lowest BCUT2D eigenvalue weighted by Crippen LogP contribution is -2.01. The number of pyridine rings is 1. The first-order valence-electron chi connectivity index (χ1n) is 4.34. The van der Waals surface area contributed by atoms with Gasteiger partial charge in [-0.15, -0.1) is 11.6 Å². The Morgan fingerprint density at radius 2 is 2.15 bits per heavy atom. The van der Waals surface area contributed by atoms with Gasteiger partial charge in [0.05, 0.1) is 6.20 Å². The zero-order valence-corrected chi connectivity index (χ0v) is 8.55. The largest absolute Gasteiger partial charge is 0.261 e. The molecule has 0 aromatic carbocycles. The van der Waals surface area contributed by atoms with Crippen LogP contribution < -0.4 is 0 Å². The molecular formula is C10H13ClFN. The highest BCUT2D eigenvalue weighted by atomic mass is 35.5. The molecule has 1 rings (SSSR count). The number of nitrogens with zero attached hydrogens (tertiary/aromatic N) is 1. The number of aromatic nitrogens is 1. The minimum atomic E-state index is -0.286. The van der Waals surface area contributed by atoms with Crippen LogP contribution >= 0.6 is 11.6 Å². The van der Waals surface area contributed by atoms with Crippen molar-refractivity contribution in [1.29, 1.82) is 0 Å². The maximum Gasteiger partial charge on any atom is 0.141 e. The first-order chi connectivity index (χ1) is 6.09. The Hall–Kier alpha value is -0.630. The molecule has 1 nitrogen and oxygen atoms in total. The molecule has 0 amide bonds. The third-order valence-electron chi connectivity index (χ3n) is 1.97. The van der Waals surface area contributed by atoms with Gasteiger partial charge < -0.3 is 0 Å². The smallest absolute Gasteiger partial charge is 0.141 e. The molecule has 0 bridgehead atoms. The maximum absolute atomic E-state index is 12.8. The molecule has 0 aliphatic heterocycles. The van der Waals surface area contributed by atoms with Crippen molar-refractivity contribution in [2.24, 2.45) is 0 Å². The molecule has 72 valence electrons. The summed E-state index contributed by atoms with van der Waals surface area (Å²) in [7, 11) is 0. The molecule has 0 N–H and O–H groups in total. The lowest BCUT2D eigenvalue weighted by Gasteiger charge is -2.12. The van der Waals surface area contributed by atoms with Crippen molar-refractivity contribution in [3.8, 4) is 0 Å². The summed E-state index contributed by atoms with van der Waals surface area (Å²) in [4.78, 5) is 3.79. The predicted octanol–water partition coefficient (Wildman–Crippen LogP) is 3.34. The van der Waals surface area contributed by atoms with E-state index in [4.69, 9.17) is 11.6 Å². The number of alkyl halides is 1. The Labute approximate surface area is 82.9 Å². The molecule has 0 radical (unpaired) electrons. The van der Waals surface area contributed by atoms with Crippen molar-refractivity contribution in [2.45, 2.75) is 31.6 Å². The monoisotopic (exact) mass is 201 g/mol. The molecule has 0 saturated heterocycles. The molecule has 0 aliphatic rings. The molecule has 0 fully saturated rings. The van der Waals surface area contributed by atoms with Gasteiger partial charge in [-0.3, -0.25) is 4.98 Å². The van der Waals surface area contributed by atoms with Crippen LogP contribution in [0.3, 0.4) is 0 Å². The van der Waals surface area contributed by atoms with Crippen LogP contribution in [0.25, 0.3) is 0 Å². The lowest BCUT2D eigenvalue weighted by molar-refractivity contribution is 0.606. The Balaban J connectivity index is 2.71. The van der Waals surface area contributed by atoms with Crippen molar-refractivity contribution in [3.05, 3.63) is 29.8 Å². The fourth-order valence-electron chi connectivity index (χ4n) is 1.32. The lowest BCUT2D eigenvalue weighted by atomic mass is 9.98. The summed E-state index contributed by atoms with van der Waals surface area (Å²) in [6.07, 6.45) is 3.74. The first-order valence-corrected chi connectivity index (χ1v) is 4.77. The van der Waals surface area contributed by atoms with E-state index in [1.807, 2.05) is 13.8 Å². The highest BCUT2D eigenvalue weighted by Crippen LogP contribution is 2.22. The fourth-order valence-corrected chi connectivity index (χ4v) is 1.59. The minimum Gasteiger partial charge on any atom is -0.261 e. The Bertz CT molecular complexity index is 275. The van der Waals surface area contributed by atoms with E-state index >= 15 is 0 Å². The van der Waals surface area contributed by atoms with Gasteiger partial charge in [0.1, 0.15) is 5.82 Å². The van der Waals surface area contributed by atoms with Gasteiger partial charge >= 0.3 is 0 Å². The quantitative estimate of drug-likeness (QED) is 0.684. The third-order valence-corrected chi connectivity index (χ3v) is 2.15. The molecule has 0 spiro atoms. The molecule has 2 atom stereocenters. The van der Waals surface area contributed by atoms with Crippen LogP contribution in [0.2, 0.25) is 0 Å². The van der Waals surface area contributed by atoms with Gasteiger partial charge in [-0.1, -0.05) is 6.92 Å². The Morgan fingerprint density at radius 1 is 1.46 bits per heavy atom. The minimum absolute atomic E-state index is 0.110. The zero-order valence-electron chi connectivity index (χ0n) is 7.80. The van der Waals surface area contributed by atoms with Gasteiger partial charge in [0.15, 0.2) is 0 Å². The number of hydrogen-bond acceptors (Lipinski definition) is 1. The van der Waals surface area contributed by atoms with E-state index in [0.717, 1.165) is 12.0 Å². The molecule has 1 heterocycles. The van der Waals surface area contributed by atoms with Gasteiger partial charge in [0.25, 0.3) is 0 Å². The SMILES string of the molecule is CC(Cl)CC(C)c1cncc(F)c1. The molecule has 1 aromatic rings. The van der Waals surface area contributed by atoms with Crippen LogP contribution in [-0.2, 0) is 0 Å². The Morgan fingerprint density at radius 3 is 2.69 bits per heavy atom. The van der Waals surface area contributed by atoms with E-state index < -0.39 is 0 Å². The topological polar surface area (TPSA) is 12.9 Å². The summed E-state index contributed by atoms with van der Waals surface area (Å²) < 4.78 is 12.8. The Kier molecular flexibility index (Phi) is 3.67. The van der Waals surface area contributed by atoms with Crippen LogP contribution in [0, 0.1) is 5.82 Å². The number of hydrogen-bond donors (Lipinski definition) is 0. The van der Waals surface area contributed by atoms with Gasteiger partial charge in [-0.05, 0) is 30.9 Å². The summed E-state index contributed by atoms with van der Waals surface area (Å²) in [5.41, 5.74) is 0.910. The van der Waals surface area contributed by atoms with Gasteiger partial charge in [0.2, 0.25) is 0 Å². The molecule has 3 heteroatoms. The van der Waals surface area contributed by atoms with Gasteiger partial charge in [0, 0.05) is 11.6 Å². The molecule has 0 saturated carbocycles. The number of rotatable bonds is 3. The van der Waals surface area contributed by atoms with Crippen LogP contribution in [0.5, 0.6) is 0 Å². The highest BCUT2D eigenvalue weighted by Gasteiger charge is 2.09. The zero-order chi connectivity index (χ0) is 9.84. The summed E-state index contributed by atoms with van der Waals surface area (Å²) in [6.45, 7) is 3.96. The van der Waals surface area contributed by atoms with E-state index in [9.17, 15) is 4.39 Å². The average Bonchev–Trinajstić information content (AvgIpc) is 2.03. The van der Waals surface area contributed by atoms with Crippen LogP contribution in [0.15, 0.2) is 18.5 Å². The summed E-state index contributed by atoms with van der Waals surface area (Å²) >= 11 is 5.85. The summed E-state index contributed by atoms with van der Waals surface area (Å²) in [6, 6.07) is 1.51. The average molecular weight is 202 g/mol. The van der Waals surface area contributed by atoms with Crippen molar-refractivity contribution >= 4 is 11.6 Å². The van der Waals surface area contributed by atoms with E-state index in [1.165, 1.54) is 12.3 Å². The third kappa shape index (κ3) is 3.31. The molecule has 13 heavy (non-hydrogen) atoms. The summed E-state index contributed by atoms with van der Waals surface area (Å²) in [5, 5.41) is 0.110. The van der Waals surface area contributed by atoms with E-state index in [0.29, 0.717) is 0 Å². The maximum atomic E-state index is 12.8. The van der Waals surface area contributed by atoms with Crippen LogP contribution in [0.4, 0.5) is 4.39 Å². The van der Waals surface area contributed by atoms with Gasteiger partial charge in [-0.2, -0.15) is 0 Å². The molecular weight excluding hydrogens is 189 g/mol.